The van der Waals surface area contributed by atoms with E-state index in [4.69, 9.17) is 21.1 Å². The van der Waals surface area contributed by atoms with Crippen LogP contribution in [0.15, 0.2) is 18.2 Å². The second kappa shape index (κ2) is 5.37. The van der Waals surface area contributed by atoms with E-state index in [2.05, 4.69) is 4.90 Å². The lowest BCUT2D eigenvalue weighted by Gasteiger charge is -2.37. The van der Waals surface area contributed by atoms with Crippen LogP contribution in [0.5, 0.6) is 0 Å². The topological polar surface area (TPSA) is 21.7 Å². The predicted molar refractivity (Wildman–Crippen MR) is 70.6 cm³/mol. The molecule has 0 aromatic heterocycles. The number of piperidine rings is 1. The van der Waals surface area contributed by atoms with Crippen LogP contribution in [0.25, 0.3) is 0 Å². The van der Waals surface area contributed by atoms with Crippen molar-refractivity contribution in [3.8, 4) is 0 Å². The molecule has 19 heavy (non-hydrogen) atoms. The third-order valence-electron chi connectivity index (χ3n) is 3.83. The number of nitrogens with zero attached hydrogens (tertiary/aromatic N) is 1. The number of rotatable bonds is 2. The molecule has 104 valence electrons. The summed E-state index contributed by atoms with van der Waals surface area (Å²) in [5.41, 5.74) is 0.650. The number of hydrogen-bond donors (Lipinski definition) is 0. The number of likely N-dealkylation sites (tertiary alicyclic amines) is 1. The van der Waals surface area contributed by atoms with Crippen molar-refractivity contribution in [1.82, 2.24) is 4.90 Å². The Morgan fingerprint density at radius 1 is 1.21 bits per heavy atom. The fourth-order valence-corrected chi connectivity index (χ4v) is 2.94. The van der Waals surface area contributed by atoms with Crippen LogP contribution in [-0.2, 0) is 16.0 Å². The summed E-state index contributed by atoms with van der Waals surface area (Å²) in [5.74, 6) is -0.568. The highest BCUT2D eigenvalue weighted by molar-refractivity contribution is 6.30. The van der Waals surface area contributed by atoms with Gasteiger partial charge >= 0.3 is 0 Å². The maximum absolute atomic E-state index is 13.7. The summed E-state index contributed by atoms with van der Waals surface area (Å²) >= 11 is 5.91. The second-order valence-corrected chi connectivity index (χ2v) is 5.56. The first-order valence-corrected chi connectivity index (χ1v) is 6.99. The highest BCUT2D eigenvalue weighted by atomic mass is 35.5. The van der Waals surface area contributed by atoms with Crippen molar-refractivity contribution in [1.29, 1.82) is 0 Å². The first-order valence-electron chi connectivity index (χ1n) is 6.61. The molecule has 2 aliphatic heterocycles. The molecule has 0 unspecified atom stereocenters. The zero-order chi connectivity index (χ0) is 13.3. The zero-order valence-corrected chi connectivity index (χ0v) is 11.5. The van der Waals surface area contributed by atoms with Crippen molar-refractivity contribution in [3.63, 3.8) is 0 Å². The monoisotopic (exact) mass is 285 g/mol. The molecule has 0 amide bonds. The van der Waals surface area contributed by atoms with Gasteiger partial charge in [0.25, 0.3) is 0 Å². The van der Waals surface area contributed by atoms with Crippen LogP contribution < -0.4 is 0 Å². The molecule has 5 heteroatoms. The predicted octanol–water partition coefficient (Wildman–Crippen LogP) is 2.82. The van der Waals surface area contributed by atoms with Gasteiger partial charge in [-0.1, -0.05) is 11.6 Å². The molecule has 2 fully saturated rings. The zero-order valence-electron chi connectivity index (χ0n) is 10.7. The van der Waals surface area contributed by atoms with E-state index < -0.39 is 0 Å². The van der Waals surface area contributed by atoms with E-state index in [9.17, 15) is 4.39 Å². The minimum Gasteiger partial charge on any atom is -0.347 e. The maximum Gasteiger partial charge on any atom is 0.170 e. The quantitative estimate of drug-likeness (QED) is 0.834. The maximum atomic E-state index is 13.7. The lowest BCUT2D eigenvalue weighted by atomic mass is 10.0. The van der Waals surface area contributed by atoms with E-state index >= 15 is 0 Å². The summed E-state index contributed by atoms with van der Waals surface area (Å²) < 4.78 is 25.0. The van der Waals surface area contributed by atoms with Crippen molar-refractivity contribution in [2.24, 2.45) is 0 Å². The molecule has 2 aliphatic rings. The highest BCUT2D eigenvalue weighted by Crippen LogP contribution is 2.32. The van der Waals surface area contributed by atoms with E-state index in [0.29, 0.717) is 30.3 Å². The molecule has 3 rings (SSSR count). The molecule has 0 bridgehead atoms. The van der Waals surface area contributed by atoms with Gasteiger partial charge in [0, 0.05) is 43.1 Å². The molecular weight excluding hydrogens is 269 g/mol. The molecule has 0 N–H and O–H groups in total. The highest BCUT2D eigenvalue weighted by Gasteiger charge is 2.39. The van der Waals surface area contributed by atoms with Crippen molar-refractivity contribution in [2.45, 2.75) is 25.2 Å². The second-order valence-electron chi connectivity index (χ2n) is 5.12. The largest absolute Gasteiger partial charge is 0.347 e. The molecule has 1 aromatic carbocycles. The summed E-state index contributed by atoms with van der Waals surface area (Å²) in [5, 5.41) is 0.576. The van der Waals surface area contributed by atoms with Gasteiger partial charge < -0.3 is 9.47 Å². The van der Waals surface area contributed by atoms with Gasteiger partial charge in [0.1, 0.15) is 5.82 Å². The first-order chi connectivity index (χ1) is 9.17. The lowest BCUT2D eigenvalue weighted by molar-refractivity contribution is -0.185. The molecule has 3 nitrogen and oxygen atoms in total. The van der Waals surface area contributed by atoms with Crippen LogP contribution in [0.2, 0.25) is 5.02 Å². The summed E-state index contributed by atoms with van der Waals surface area (Å²) in [6.45, 7) is 3.66. The van der Waals surface area contributed by atoms with Gasteiger partial charge in [-0.2, -0.15) is 0 Å². The van der Waals surface area contributed by atoms with Crippen LogP contribution >= 0.6 is 11.6 Å². The molecule has 0 saturated carbocycles. The van der Waals surface area contributed by atoms with Crippen LogP contribution in [0.4, 0.5) is 4.39 Å². The third kappa shape index (κ3) is 2.92. The summed E-state index contributed by atoms with van der Waals surface area (Å²) in [6.07, 6.45) is 1.68. The number of hydrogen-bond acceptors (Lipinski definition) is 3. The summed E-state index contributed by atoms with van der Waals surface area (Å²) in [6, 6.07) is 4.70. The van der Waals surface area contributed by atoms with Crippen molar-refractivity contribution < 1.29 is 13.9 Å². The average Bonchev–Trinajstić information content (AvgIpc) is 2.85. The summed E-state index contributed by atoms with van der Waals surface area (Å²) in [4.78, 5) is 2.21. The smallest absolute Gasteiger partial charge is 0.170 e. The Morgan fingerprint density at radius 2 is 1.89 bits per heavy atom. The number of ether oxygens (including phenoxy) is 2. The normalized spacial score (nSPS) is 23.1. The van der Waals surface area contributed by atoms with Gasteiger partial charge in [0.15, 0.2) is 5.79 Å². The molecule has 0 radical (unpaired) electrons. The molecule has 1 spiro atoms. The van der Waals surface area contributed by atoms with Crippen LogP contribution in [0.1, 0.15) is 18.4 Å². The SMILES string of the molecule is Fc1ccc(Cl)cc1CN1CCC2(CC1)OCCO2. The average molecular weight is 286 g/mol. The first kappa shape index (κ1) is 13.3. The van der Waals surface area contributed by atoms with Crippen LogP contribution in [-0.4, -0.2) is 37.0 Å². The van der Waals surface area contributed by atoms with Gasteiger partial charge in [-0.05, 0) is 18.2 Å². The minimum absolute atomic E-state index is 0.196. The van der Waals surface area contributed by atoms with Gasteiger partial charge in [0.2, 0.25) is 0 Å². The Labute approximate surface area is 117 Å². The van der Waals surface area contributed by atoms with Crippen molar-refractivity contribution in [3.05, 3.63) is 34.6 Å². The van der Waals surface area contributed by atoms with Gasteiger partial charge in [-0.15, -0.1) is 0 Å². The van der Waals surface area contributed by atoms with E-state index in [0.717, 1.165) is 25.9 Å². The Morgan fingerprint density at radius 3 is 2.58 bits per heavy atom. The fraction of sp³-hybridized carbons (Fsp3) is 0.571. The van der Waals surface area contributed by atoms with Gasteiger partial charge in [0.05, 0.1) is 13.2 Å². The number of benzene rings is 1. The van der Waals surface area contributed by atoms with Crippen LogP contribution in [0, 0.1) is 5.82 Å². The molecule has 2 saturated heterocycles. The van der Waals surface area contributed by atoms with E-state index in [1.807, 2.05) is 0 Å². The van der Waals surface area contributed by atoms with E-state index in [1.54, 1.807) is 12.1 Å². The van der Waals surface area contributed by atoms with Crippen molar-refractivity contribution in [2.75, 3.05) is 26.3 Å². The van der Waals surface area contributed by atoms with Gasteiger partial charge in [-0.25, -0.2) is 4.39 Å². The Kier molecular flexibility index (Phi) is 3.76. The van der Waals surface area contributed by atoms with E-state index in [1.165, 1.54) is 6.07 Å². The van der Waals surface area contributed by atoms with Gasteiger partial charge in [-0.3, -0.25) is 4.90 Å². The van der Waals surface area contributed by atoms with E-state index in [-0.39, 0.29) is 11.6 Å². The molecule has 1 aromatic rings. The molecule has 0 atom stereocenters. The lowest BCUT2D eigenvalue weighted by Crippen LogP contribution is -2.44. The third-order valence-corrected chi connectivity index (χ3v) is 4.07. The standard InChI is InChI=1S/C14H17ClFNO2/c15-12-1-2-13(16)11(9-12)10-17-5-3-14(4-6-17)18-7-8-19-14/h1-2,9H,3-8,10H2. The Bertz CT molecular complexity index is 453. The Hall–Kier alpha value is -0.680. The molecule has 2 heterocycles. The Balaban J connectivity index is 1.61. The van der Waals surface area contributed by atoms with Crippen molar-refractivity contribution >= 4 is 11.6 Å². The van der Waals surface area contributed by atoms with Crippen LogP contribution in [0.3, 0.4) is 0 Å². The minimum atomic E-state index is -0.372. The summed E-state index contributed by atoms with van der Waals surface area (Å²) in [7, 11) is 0. The fourth-order valence-electron chi connectivity index (χ4n) is 2.74. The molecular formula is C14H17ClFNO2. The number of halogens is 2. The molecule has 0 aliphatic carbocycles.